The van der Waals surface area contributed by atoms with Crippen molar-refractivity contribution in [1.82, 2.24) is 0 Å². The van der Waals surface area contributed by atoms with Crippen LogP contribution in [0, 0.1) is 0 Å². The van der Waals surface area contributed by atoms with Crippen molar-refractivity contribution in [3.63, 3.8) is 0 Å². The van der Waals surface area contributed by atoms with Gasteiger partial charge < -0.3 is 0 Å². The summed E-state index contributed by atoms with van der Waals surface area (Å²) < 4.78 is 0. The Balaban J connectivity index is 3.75. The van der Waals surface area contributed by atoms with Crippen LogP contribution in [0.5, 0.6) is 0 Å². The zero-order chi connectivity index (χ0) is 7.71. The van der Waals surface area contributed by atoms with Gasteiger partial charge in [-0.2, -0.15) is 11.1 Å². The standard InChI is InChI=1S/C6H14Cl2Si/c1-6(2,7)5-9(3,4)8/h5H2,1-4H3. The molecule has 0 N–H and O–H groups in total. The Labute approximate surface area is 68.3 Å². The van der Waals surface area contributed by atoms with Gasteiger partial charge >= 0.3 is 0 Å². The van der Waals surface area contributed by atoms with Gasteiger partial charge in [0.2, 0.25) is 0 Å². The molecule has 9 heavy (non-hydrogen) atoms. The summed E-state index contributed by atoms with van der Waals surface area (Å²) in [5, 5.41) is 0. The Bertz CT molecular complexity index is 76.2. The molecule has 0 bridgehead atoms. The smallest absolute Gasteiger partial charge is 0.152 e. The van der Waals surface area contributed by atoms with E-state index in [4.69, 9.17) is 22.7 Å². The molecule has 0 rings (SSSR count). The second-order valence-electron chi connectivity index (χ2n) is 3.61. The number of alkyl halides is 1. The lowest BCUT2D eigenvalue weighted by atomic mass is 10.2. The molecule has 0 atom stereocenters. The number of hydrogen-bond donors (Lipinski definition) is 0. The first-order chi connectivity index (χ1) is 3.71. The molecule has 0 aliphatic carbocycles. The molecule has 3 heteroatoms. The van der Waals surface area contributed by atoms with Crippen molar-refractivity contribution >= 4 is 30.1 Å². The third-order valence-corrected chi connectivity index (χ3v) is 3.32. The third-order valence-electron chi connectivity index (χ3n) is 0.841. The van der Waals surface area contributed by atoms with Crippen LogP contribution in [0.4, 0.5) is 0 Å². The van der Waals surface area contributed by atoms with Gasteiger partial charge in [-0.1, -0.05) is 13.1 Å². The first-order valence-corrected chi connectivity index (χ1v) is 7.68. The van der Waals surface area contributed by atoms with Gasteiger partial charge in [-0.25, -0.2) is 0 Å². The fourth-order valence-corrected chi connectivity index (χ4v) is 5.21. The zero-order valence-electron chi connectivity index (χ0n) is 6.46. The molecular formula is C6H14Cl2Si. The summed E-state index contributed by atoms with van der Waals surface area (Å²) in [5.41, 5.74) is 0. The quantitative estimate of drug-likeness (QED) is 0.351. The van der Waals surface area contributed by atoms with Crippen LogP contribution in [0.2, 0.25) is 19.1 Å². The first-order valence-electron chi connectivity index (χ1n) is 3.09. The van der Waals surface area contributed by atoms with E-state index in [1.165, 1.54) is 0 Å². The Kier molecular flexibility index (Phi) is 3.06. The molecule has 0 aromatic rings. The molecule has 0 unspecified atom stereocenters. The molecule has 0 aliphatic heterocycles. The normalized spacial score (nSPS) is 14.0. The van der Waals surface area contributed by atoms with E-state index in [1.54, 1.807) is 0 Å². The Morgan fingerprint density at radius 2 is 1.67 bits per heavy atom. The highest BCUT2D eigenvalue weighted by atomic mass is 35.6. The van der Waals surface area contributed by atoms with Crippen molar-refractivity contribution in [2.24, 2.45) is 0 Å². The summed E-state index contributed by atoms with van der Waals surface area (Å²) in [6.45, 7) is 8.23. The van der Waals surface area contributed by atoms with E-state index < -0.39 is 7.38 Å². The van der Waals surface area contributed by atoms with Crippen molar-refractivity contribution in [3.8, 4) is 0 Å². The highest BCUT2D eigenvalue weighted by Crippen LogP contribution is 2.28. The monoisotopic (exact) mass is 184 g/mol. The van der Waals surface area contributed by atoms with Gasteiger partial charge in [0.25, 0.3) is 0 Å². The summed E-state index contributed by atoms with van der Waals surface area (Å²) >= 11 is 12.0. The van der Waals surface area contributed by atoms with Crippen molar-refractivity contribution in [2.45, 2.75) is 37.9 Å². The lowest BCUT2D eigenvalue weighted by Crippen LogP contribution is -2.26. The molecular weight excluding hydrogens is 171 g/mol. The number of halogens is 2. The van der Waals surface area contributed by atoms with Crippen LogP contribution >= 0.6 is 22.7 Å². The van der Waals surface area contributed by atoms with E-state index >= 15 is 0 Å². The molecule has 0 fully saturated rings. The lowest BCUT2D eigenvalue weighted by Gasteiger charge is -2.22. The maximum absolute atomic E-state index is 6.07. The molecule has 0 radical (unpaired) electrons. The predicted octanol–water partition coefficient (Wildman–Crippen LogP) is 3.45. The molecule has 0 saturated carbocycles. The number of hydrogen-bond acceptors (Lipinski definition) is 0. The Hall–Kier alpha value is 0.797. The summed E-state index contributed by atoms with van der Waals surface area (Å²) in [7, 11) is -1.45. The van der Waals surface area contributed by atoms with Crippen LogP contribution in [0.15, 0.2) is 0 Å². The van der Waals surface area contributed by atoms with E-state index in [1.807, 2.05) is 13.8 Å². The fraction of sp³-hybridized carbons (Fsp3) is 1.00. The molecule has 0 amide bonds. The SMILES string of the molecule is CC(C)(Cl)C[Si](C)(C)Cl. The molecule has 0 nitrogen and oxygen atoms in total. The van der Waals surface area contributed by atoms with Crippen LogP contribution in [0.3, 0.4) is 0 Å². The minimum Gasteiger partial charge on any atom is -0.168 e. The van der Waals surface area contributed by atoms with E-state index in [0.29, 0.717) is 0 Å². The average Bonchev–Trinajstić information content (AvgIpc) is 1.14. The van der Waals surface area contributed by atoms with Gasteiger partial charge in [-0.15, -0.1) is 11.6 Å². The van der Waals surface area contributed by atoms with Crippen LogP contribution in [0.1, 0.15) is 13.8 Å². The van der Waals surface area contributed by atoms with Gasteiger partial charge in [0.15, 0.2) is 7.38 Å². The van der Waals surface area contributed by atoms with E-state index in [2.05, 4.69) is 13.1 Å². The largest absolute Gasteiger partial charge is 0.168 e. The van der Waals surface area contributed by atoms with Gasteiger partial charge in [-0.05, 0) is 19.9 Å². The summed E-state index contributed by atoms with van der Waals surface area (Å²) in [6, 6.07) is 0.961. The van der Waals surface area contributed by atoms with Crippen LogP contribution in [0.25, 0.3) is 0 Å². The lowest BCUT2D eigenvalue weighted by molar-refractivity contribution is 0.774. The highest BCUT2D eigenvalue weighted by molar-refractivity contribution is 7.19. The van der Waals surface area contributed by atoms with Crippen molar-refractivity contribution < 1.29 is 0 Å². The molecule has 0 aromatic heterocycles. The minimum absolute atomic E-state index is 0.114. The van der Waals surface area contributed by atoms with Crippen LogP contribution < -0.4 is 0 Å². The van der Waals surface area contributed by atoms with Gasteiger partial charge in [-0.3, -0.25) is 0 Å². The van der Waals surface area contributed by atoms with Gasteiger partial charge in [0, 0.05) is 4.87 Å². The molecule has 0 heterocycles. The van der Waals surface area contributed by atoms with E-state index in [9.17, 15) is 0 Å². The summed E-state index contributed by atoms with van der Waals surface area (Å²) in [6.07, 6.45) is 0. The molecule has 56 valence electrons. The van der Waals surface area contributed by atoms with Crippen molar-refractivity contribution in [3.05, 3.63) is 0 Å². The topological polar surface area (TPSA) is 0 Å². The van der Waals surface area contributed by atoms with Crippen LogP contribution in [-0.4, -0.2) is 12.3 Å². The van der Waals surface area contributed by atoms with E-state index in [0.717, 1.165) is 6.04 Å². The summed E-state index contributed by atoms with van der Waals surface area (Å²) in [4.78, 5) is -0.114. The molecule has 0 saturated heterocycles. The number of rotatable bonds is 2. The van der Waals surface area contributed by atoms with Crippen molar-refractivity contribution in [2.75, 3.05) is 0 Å². The Morgan fingerprint density at radius 1 is 1.33 bits per heavy atom. The maximum atomic E-state index is 6.07. The zero-order valence-corrected chi connectivity index (χ0v) is 8.97. The van der Waals surface area contributed by atoms with Crippen LogP contribution in [-0.2, 0) is 0 Å². The van der Waals surface area contributed by atoms with E-state index in [-0.39, 0.29) is 4.87 Å². The minimum atomic E-state index is -1.45. The van der Waals surface area contributed by atoms with Crippen molar-refractivity contribution in [1.29, 1.82) is 0 Å². The first kappa shape index (κ1) is 9.80. The van der Waals surface area contributed by atoms with Gasteiger partial charge in [0.1, 0.15) is 0 Å². The predicted molar refractivity (Wildman–Crippen MR) is 48.1 cm³/mol. The fourth-order valence-electron chi connectivity index (χ4n) is 1.000. The molecule has 0 aromatic carbocycles. The Morgan fingerprint density at radius 3 is 1.67 bits per heavy atom. The highest BCUT2D eigenvalue weighted by Gasteiger charge is 2.26. The third kappa shape index (κ3) is 8.80. The molecule has 0 spiro atoms. The second-order valence-corrected chi connectivity index (χ2v) is 11.5. The summed E-state index contributed by atoms with van der Waals surface area (Å²) in [5.74, 6) is 0. The molecule has 0 aliphatic rings. The van der Waals surface area contributed by atoms with Gasteiger partial charge in [0.05, 0.1) is 0 Å². The average molecular weight is 185 g/mol. The maximum Gasteiger partial charge on any atom is 0.152 e. The second kappa shape index (κ2) is 2.81.